The highest BCUT2D eigenvalue weighted by atomic mass is 127. The van der Waals surface area contributed by atoms with Gasteiger partial charge in [-0.15, -0.1) is 0 Å². The van der Waals surface area contributed by atoms with Crippen LogP contribution in [0, 0.1) is 5.41 Å². The third kappa shape index (κ3) is 1.86. The molecule has 0 bridgehead atoms. The van der Waals surface area contributed by atoms with Gasteiger partial charge in [0, 0.05) is 3.42 Å². The molecule has 1 heteroatoms. The number of halogens is 1. The summed E-state index contributed by atoms with van der Waals surface area (Å²) >= 11 is 2.59. The maximum absolute atomic E-state index is 2.59. The summed E-state index contributed by atoms with van der Waals surface area (Å²) in [5.74, 6) is 0. The summed E-state index contributed by atoms with van der Waals surface area (Å²) in [5, 5.41) is 0. The van der Waals surface area contributed by atoms with Crippen LogP contribution in [0.25, 0.3) is 0 Å². The molecule has 1 saturated carbocycles. The van der Waals surface area contributed by atoms with Gasteiger partial charge in [-0.25, -0.2) is 0 Å². The molecular weight excluding hydrogens is 235 g/mol. The van der Waals surface area contributed by atoms with Gasteiger partial charge in [0.25, 0.3) is 0 Å². The Bertz CT molecular complexity index is 119. The van der Waals surface area contributed by atoms with Crippen LogP contribution in [-0.4, -0.2) is 3.42 Å². The summed E-state index contributed by atoms with van der Waals surface area (Å²) in [4.78, 5) is 0. The second-order valence-corrected chi connectivity index (χ2v) is 6.93. The molecule has 10 heavy (non-hydrogen) atoms. The van der Waals surface area contributed by atoms with Gasteiger partial charge in [0.15, 0.2) is 0 Å². The molecule has 0 aliphatic heterocycles. The molecule has 1 aliphatic rings. The molecule has 0 aromatic rings. The van der Waals surface area contributed by atoms with Crippen molar-refractivity contribution in [3.63, 3.8) is 0 Å². The van der Waals surface area contributed by atoms with Crippen molar-refractivity contribution in [2.45, 2.75) is 49.9 Å². The van der Waals surface area contributed by atoms with Gasteiger partial charge in [0.2, 0.25) is 0 Å². The number of alkyl halides is 1. The maximum atomic E-state index is 2.59. The number of hydrogen-bond donors (Lipinski definition) is 0. The molecule has 0 radical (unpaired) electrons. The van der Waals surface area contributed by atoms with Crippen molar-refractivity contribution in [3.8, 4) is 0 Å². The van der Waals surface area contributed by atoms with Gasteiger partial charge >= 0.3 is 0 Å². The van der Waals surface area contributed by atoms with E-state index in [0.717, 1.165) is 0 Å². The minimum Gasteiger partial charge on any atom is -0.0791 e. The Balaban J connectivity index is 2.34. The zero-order valence-corrected chi connectivity index (χ0v) is 9.36. The van der Waals surface area contributed by atoms with Crippen LogP contribution < -0.4 is 0 Å². The van der Waals surface area contributed by atoms with Crippen LogP contribution in [0.1, 0.15) is 46.5 Å². The van der Waals surface area contributed by atoms with E-state index < -0.39 is 0 Å². The molecule has 0 spiro atoms. The van der Waals surface area contributed by atoms with E-state index >= 15 is 0 Å². The number of rotatable bonds is 2. The zero-order valence-electron chi connectivity index (χ0n) is 7.21. The van der Waals surface area contributed by atoms with Crippen LogP contribution in [0.3, 0.4) is 0 Å². The third-order valence-electron chi connectivity index (χ3n) is 2.44. The normalized spacial score (nSPS) is 46.8. The van der Waals surface area contributed by atoms with E-state index in [9.17, 15) is 0 Å². The fraction of sp³-hybridized carbons (Fsp3) is 1.00. The van der Waals surface area contributed by atoms with Crippen LogP contribution >= 0.6 is 22.6 Å². The molecule has 1 fully saturated rings. The predicted molar refractivity (Wildman–Crippen MR) is 54.7 cm³/mol. The van der Waals surface area contributed by atoms with Gasteiger partial charge in [-0.05, 0) is 24.7 Å². The van der Waals surface area contributed by atoms with Gasteiger partial charge in [0.1, 0.15) is 0 Å². The topological polar surface area (TPSA) is 0 Å². The fourth-order valence-corrected chi connectivity index (χ4v) is 4.35. The maximum Gasteiger partial charge on any atom is 0.0204 e. The second-order valence-electron chi connectivity index (χ2n) is 4.33. The molecule has 0 nitrogen and oxygen atoms in total. The third-order valence-corrected chi connectivity index (χ3v) is 3.21. The molecule has 60 valence electrons. The Labute approximate surface area is 77.9 Å². The average molecular weight is 252 g/mol. The lowest BCUT2D eigenvalue weighted by atomic mass is 9.62. The summed E-state index contributed by atoms with van der Waals surface area (Å²) in [5.41, 5.74) is 0.699. The van der Waals surface area contributed by atoms with Crippen LogP contribution in [-0.2, 0) is 0 Å². The van der Waals surface area contributed by atoms with Gasteiger partial charge < -0.3 is 0 Å². The largest absolute Gasteiger partial charge is 0.0791 e. The first-order valence-electron chi connectivity index (χ1n) is 4.16. The minimum absolute atomic E-state index is 0.627. The Morgan fingerprint density at radius 3 is 2.10 bits per heavy atom. The molecule has 0 unspecified atom stereocenters. The van der Waals surface area contributed by atoms with Gasteiger partial charge in [-0.2, -0.15) is 0 Å². The first kappa shape index (κ1) is 8.82. The van der Waals surface area contributed by atoms with Crippen molar-refractivity contribution in [1.82, 2.24) is 0 Å². The molecule has 0 aromatic heterocycles. The van der Waals surface area contributed by atoms with Crippen molar-refractivity contribution < 1.29 is 0 Å². The van der Waals surface area contributed by atoms with Crippen molar-refractivity contribution in [2.24, 2.45) is 5.41 Å². The Kier molecular flexibility index (Phi) is 2.34. The van der Waals surface area contributed by atoms with Crippen molar-refractivity contribution in [3.05, 3.63) is 0 Å². The Morgan fingerprint density at radius 1 is 1.30 bits per heavy atom. The van der Waals surface area contributed by atoms with E-state index in [1.165, 1.54) is 25.7 Å². The summed E-state index contributed by atoms with van der Waals surface area (Å²) < 4.78 is 0.627. The summed E-state index contributed by atoms with van der Waals surface area (Å²) in [6.07, 6.45) is 5.62. The first-order valence-corrected chi connectivity index (χ1v) is 5.24. The average Bonchev–Trinajstić information content (AvgIpc) is 1.58. The quantitative estimate of drug-likeness (QED) is 0.518. The summed E-state index contributed by atoms with van der Waals surface area (Å²) in [6.45, 7) is 7.08. The van der Waals surface area contributed by atoms with E-state index in [1.54, 1.807) is 0 Å². The van der Waals surface area contributed by atoms with E-state index in [1.807, 2.05) is 0 Å². The highest BCUT2D eigenvalue weighted by molar-refractivity contribution is 14.1. The zero-order chi connectivity index (χ0) is 7.83. The fourth-order valence-electron chi connectivity index (χ4n) is 2.51. The lowest BCUT2D eigenvalue weighted by Gasteiger charge is -2.50. The molecule has 0 N–H and O–H groups in total. The SMILES string of the molecule is CCCC1(C)CC(C)(I)C1. The van der Waals surface area contributed by atoms with Gasteiger partial charge in [0.05, 0.1) is 0 Å². The molecule has 1 aliphatic carbocycles. The lowest BCUT2D eigenvalue weighted by molar-refractivity contribution is 0.112. The van der Waals surface area contributed by atoms with E-state index in [4.69, 9.17) is 0 Å². The highest BCUT2D eigenvalue weighted by Gasteiger charge is 2.45. The van der Waals surface area contributed by atoms with E-state index in [-0.39, 0.29) is 0 Å². The molecule has 0 atom stereocenters. The smallest absolute Gasteiger partial charge is 0.0204 e. The van der Waals surface area contributed by atoms with Crippen LogP contribution in [0.15, 0.2) is 0 Å². The highest BCUT2D eigenvalue weighted by Crippen LogP contribution is 2.55. The van der Waals surface area contributed by atoms with Crippen molar-refractivity contribution >= 4 is 22.6 Å². The lowest BCUT2D eigenvalue weighted by Crippen LogP contribution is -2.43. The predicted octanol–water partition coefficient (Wildman–Crippen LogP) is 3.78. The van der Waals surface area contributed by atoms with E-state index in [0.29, 0.717) is 8.84 Å². The standard InChI is InChI=1S/C9H17I/c1-4-5-8(2)6-9(3,10)7-8/h4-7H2,1-3H3. The van der Waals surface area contributed by atoms with E-state index in [2.05, 4.69) is 43.4 Å². The summed E-state index contributed by atoms with van der Waals surface area (Å²) in [6, 6.07) is 0. The van der Waals surface area contributed by atoms with Crippen LogP contribution in [0.4, 0.5) is 0 Å². The summed E-state index contributed by atoms with van der Waals surface area (Å²) in [7, 11) is 0. The molecular formula is C9H17I. The monoisotopic (exact) mass is 252 g/mol. The van der Waals surface area contributed by atoms with Gasteiger partial charge in [-0.1, -0.05) is 49.8 Å². The molecule has 1 rings (SSSR count). The Hall–Kier alpha value is 0.730. The van der Waals surface area contributed by atoms with Crippen LogP contribution in [0.2, 0.25) is 0 Å². The van der Waals surface area contributed by atoms with Crippen molar-refractivity contribution in [1.29, 1.82) is 0 Å². The molecule has 0 aromatic carbocycles. The van der Waals surface area contributed by atoms with Crippen LogP contribution in [0.5, 0.6) is 0 Å². The minimum atomic E-state index is 0.627. The molecule has 0 heterocycles. The second kappa shape index (κ2) is 2.65. The first-order chi connectivity index (χ1) is 4.47. The molecule has 0 saturated heterocycles. The molecule has 0 amide bonds. The van der Waals surface area contributed by atoms with Gasteiger partial charge in [-0.3, -0.25) is 0 Å². The number of hydrogen-bond acceptors (Lipinski definition) is 0. The Morgan fingerprint density at radius 2 is 1.80 bits per heavy atom. The van der Waals surface area contributed by atoms with Crippen molar-refractivity contribution in [2.75, 3.05) is 0 Å².